The highest BCUT2D eigenvalue weighted by atomic mass is 16.4. The number of hydrogen-bond donors (Lipinski definition) is 2. The number of amides is 1. The zero-order valence-electron chi connectivity index (χ0n) is 12.5. The number of aromatic nitrogens is 2. The fourth-order valence-corrected chi connectivity index (χ4v) is 3.26. The Bertz CT molecular complexity index is 724. The van der Waals surface area contributed by atoms with Crippen LogP contribution in [0.5, 0.6) is 0 Å². The van der Waals surface area contributed by atoms with Crippen molar-refractivity contribution in [2.75, 3.05) is 0 Å². The van der Waals surface area contributed by atoms with Crippen molar-refractivity contribution in [2.24, 2.45) is 5.92 Å². The Balaban J connectivity index is 1.83. The number of fused-ring (bicyclic) bond motifs is 1. The summed E-state index contributed by atoms with van der Waals surface area (Å²) in [4.78, 5) is 28.1. The van der Waals surface area contributed by atoms with Crippen molar-refractivity contribution in [2.45, 2.75) is 38.1 Å². The largest absolute Gasteiger partial charge is 0.481 e. The second kappa shape index (κ2) is 5.44. The van der Waals surface area contributed by atoms with E-state index < -0.39 is 17.4 Å². The fraction of sp³-hybridized carbons (Fsp3) is 0.438. The Hall–Kier alpha value is -2.37. The van der Waals surface area contributed by atoms with Gasteiger partial charge >= 0.3 is 5.97 Å². The Labute approximate surface area is 128 Å². The van der Waals surface area contributed by atoms with Crippen LogP contribution in [0.1, 0.15) is 43.0 Å². The lowest BCUT2D eigenvalue weighted by molar-refractivity contribution is -0.145. The summed E-state index contributed by atoms with van der Waals surface area (Å²) in [7, 11) is 0. The molecule has 6 nitrogen and oxygen atoms in total. The molecule has 2 N–H and O–H groups in total. The van der Waals surface area contributed by atoms with Crippen molar-refractivity contribution in [3.8, 4) is 0 Å². The normalized spacial score (nSPS) is 25.0. The molecule has 2 aromatic heterocycles. The molecule has 0 radical (unpaired) electrons. The van der Waals surface area contributed by atoms with E-state index in [1.54, 1.807) is 35.1 Å². The summed E-state index contributed by atoms with van der Waals surface area (Å²) in [5, 5.41) is 12.4. The second-order valence-electron chi connectivity index (χ2n) is 6.12. The summed E-state index contributed by atoms with van der Waals surface area (Å²) >= 11 is 0. The molecule has 1 fully saturated rings. The van der Waals surface area contributed by atoms with Gasteiger partial charge in [-0.25, -0.2) is 4.98 Å². The van der Waals surface area contributed by atoms with Crippen LogP contribution in [-0.2, 0) is 4.79 Å². The third-order valence-corrected chi connectivity index (χ3v) is 4.56. The minimum atomic E-state index is -0.840. The maximum Gasteiger partial charge on any atom is 0.308 e. The smallest absolute Gasteiger partial charge is 0.308 e. The van der Waals surface area contributed by atoms with E-state index in [4.69, 9.17) is 0 Å². The molecule has 1 saturated carbocycles. The molecule has 0 spiro atoms. The Morgan fingerprint density at radius 1 is 1.41 bits per heavy atom. The number of nitrogens with zero attached hydrogens (tertiary/aromatic N) is 2. The van der Waals surface area contributed by atoms with Crippen LogP contribution in [0.2, 0.25) is 0 Å². The number of carboxylic acid groups (broad SMARTS) is 1. The van der Waals surface area contributed by atoms with Crippen LogP contribution in [-0.4, -0.2) is 31.9 Å². The topological polar surface area (TPSA) is 83.7 Å². The molecular formula is C16H19N3O3. The molecule has 0 aromatic carbocycles. The molecule has 1 amide bonds. The van der Waals surface area contributed by atoms with Gasteiger partial charge in [0, 0.05) is 18.6 Å². The first-order valence-corrected chi connectivity index (χ1v) is 7.48. The Kier molecular flexibility index (Phi) is 3.60. The van der Waals surface area contributed by atoms with Gasteiger partial charge in [0.15, 0.2) is 0 Å². The maximum absolute atomic E-state index is 12.5. The van der Waals surface area contributed by atoms with Gasteiger partial charge < -0.3 is 14.8 Å². The standard InChI is InChI=1S/C16H19N3O3/c1-16(7-3-2-4-12(16)15(21)22)18-14(20)11-5-6-13-17-8-9-19(13)10-11/h5-6,8-10,12H,2-4,7H2,1H3,(H,18,20)(H,21,22). The molecule has 2 heterocycles. The molecule has 2 atom stereocenters. The second-order valence-corrected chi connectivity index (χ2v) is 6.12. The van der Waals surface area contributed by atoms with Gasteiger partial charge in [-0.1, -0.05) is 12.8 Å². The van der Waals surface area contributed by atoms with Gasteiger partial charge in [-0.3, -0.25) is 9.59 Å². The van der Waals surface area contributed by atoms with Gasteiger partial charge in [-0.15, -0.1) is 0 Å². The number of nitrogens with one attached hydrogen (secondary N) is 1. The summed E-state index contributed by atoms with van der Waals surface area (Å²) in [5.41, 5.74) is 0.565. The third kappa shape index (κ3) is 2.56. The van der Waals surface area contributed by atoms with E-state index in [1.807, 2.05) is 6.92 Å². The number of hydrogen-bond acceptors (Lipinski definition) is 3. The van der Waals surface area contributed by atoms with Crippen LogP contribution in [0.15, 0.2) is 30.7 Å². The molecule has 116 valence electrons. The number of carboxylic acids is 1. The lowest BCUT2D eigenvalue weighted by Gasteiger charge is -2.39. The van der Waals surface area contributed by atoms with Crippen LogP contribution in [0.3, 0.4) is 0 Å². The predicted octanol–water partition coefficient (Wildman–Crippen LogP) is 2.10. The van der Waals surface area contributed by atoms with Crippen LogP contribution in [0, 0.1) is 5.92 Å². The maximum atomic E-state index is 12.5. The molecular weight excluding hydrogens is 282 g/mol. The van der Waals surface area contributed by atoms with Crippen molar-refractivity contribution in [1.29, 1.82) is 0 Å². The number of imidazole rings is 1. The summed E-state index contributed by atoms with van der Waals surface area (Å²) < 4.78 is 1.77. The van der Waals surface area contributed by atoms with Crippen LogP contribution in [0.4, 0.5) is 0 Å². The molecule has 2 unspecified atom stereocenters. The van der Waals surface area contributed by atoms with Gasteiger partial charge in [0.2, 0.25) is 0 Å². The Morgan fingerprint density at radius 2 is 2.23 bits per heavy atom. The summed E-state index contributed by atoms with van der Waals surface area (Å²) in [5.74, 6) is -1.62. The van der Waals surface area contributed by atoms with Gasteiger partial charge in [0.1, 0.15) is 5.65 Å². The van der Waals surface area contributed by atoms with Gasteiger partial charge in [0.25, 0.3) is 5.91 Å². The number of pyridine rings is 1. The molecule has 1 aliphatic rings. The van der Waals surface area contributed by atoms with Crippen LogP contribution in [0.25, 0.3) is 5.65 Å². The first kappa shape index (κ1) is 14.6. The first-order valence-electron chi connectivity index (χ1n) is 7.48. The molecule has 0 aliphatic heterocycles. The molecule has 0 saturated heterocycles. The average molecular weight is 301 g/mol. The number of carbonyl (C=O) groups excluding carboxylic acids is 1. The van der Waals surface area contributed by atoms with Crippen molar-refractivity contribution in [3.63, 3.8) is 0 Å². The van der Waals surface area contributed by atoms with E-state index in [1.165, 1.54) is 0 Å². The number of aliphatic carboxylic acids is 1. The molecule has 2 aromatic rings. The quantitative estimate of drug-likeness (QED) is 0.909. The lowest BCUT2D eigenvalue weighted by atomic mass is 9.74. The number of rotatable bonds is 3. The highest BCUT2D eigenvalue weighted by Crippen LogP contribution is 2.34. The van der Waals surface area contributed by atoms with Crippen molar-refractivity contribution < 1.29 is 14.7 Å². The minimum absolute atomic E-state index is 0.244. The van der Waals surface area contributed by atoms with E-state index in [9.17, 15) is 14.7 Å². The highest BCUT2D eigenvalue weighted by molar-refractivity contribution is 5.95. The van der Waals surface area contributed by atoms with E-state index in [0.717, 1.165) is 18.5 Å². The Morgan fingerprint density at radius 3 is 3.00 bits per heavy atom. The van der Waals surface area contributed by atoms with Crippen LogP contribution < -0.4 is 5.32 Å². The van der Waals surface area contributed by atoms with Crippen molar-refractivity contribution in [3.05, 3.63) is 36.3 Å². The molecule has 1 aliphatic carbocycles. The highest BCUT2D eigenvalue weighted by Gasteiger charge is 2.42. The SMILES string of the molecule is CC1(NC(=O)c2ccc3nccn3c2)CCCCC1C(=O)O. The van der Waals surface area contributed by atoms with E-state index in [2.05, 4.69) is 10.3 Å². The molecule has 6 heteroatoms. The molecule has 3 rings (SSSR count). The monoisotopic (exact) mass is 301 g/mol. The van der Waals surface area contributed by atoms with Gasteiger partial charge in [0.05, 0.1) is 17.0 Å². The molecule has 22 heavy (non-hydrogen) atoms. The summed E-state index contributed by atoms with van der Waals surface area (Å²) in [6, 6.07) is 3.48. The summed E-state index contributed by atoms with van der Waals surface area (Å²) in [6.45, 7) is 1.83. The third-order valence-electron chi connectivity index (χ3n) is 4.56. The predicted molar refractivity (Wildman–Crippen MR) is 80.7 cm³/mol. The van der Waals surface area contributed by atoms with Crippen molar-refractivity contribution >= 4 is 17.5 Å². The lowest BCUT2D eigenvalue weighted by Crippen LogP contribution is -2.55. The van der Waals surface area contributed by atoms with Gasteiger partial charge in [-0.2, -0.15) is 0 Å². The summed E-state index contributed by atoms with van der Waals surface area (Å²) in [6.07, 6.45) is 8.26. The van der Waals surface area contributed by atoms with Crippen LogP contribution >= 0.6 is 0 Å². The van der Waals surface area contributed by atoms with Crippen molar-refractivity contribution in [1.82, 2.24) is 14.7 Å². The molecule has 0 bridgehead atoms. The zero-order valence-corrected chi connectivity index (χ0v) is 12.5. The van der Waals surface area contributed by atoms with E-state index in [0.29, 0.717) is 18.4 Å². The van der Waals surface area contributed by atoms with Gasteiger partial charge in [-0.05, 0) is 31.9 Å². The van der Waals surface area contributed by atoms with E-state index >= 15 is 0 Å². The first-order chi connectivity index (χ1) is 10.5. The minimum Gasteiger partial charge on any atom is -0.481 e. The van der Waals surface area contributed by atoms with E-state index in [-0.39, 0.29) is 5.91 Å². The fourth-order valence-electron chi connectivity index (χ4n) is 3.26. The number of carbonyl (C=O) groups is 2. The zero-order chi connectivity index (χ0) is 15.7. The average Bonchev–Trinajstić information content (AvgIpc) is 2.94.